The lowest BCUT2D eigenvalue weighted by Gasteiger charge is -2.33. The van der Waals surface area contributed by atoms with Crippen molar-refractivity contribution in [3.63, 3.8) is 0 Å². The summed E-state index contributed by atoms with van der Waals surface area (Å²) in [6, 6.07) is 25.7. The highest BCUT2D eigenvalue weighted by Crippen LogP contribution is 2.23. The molecule has 4 rings (SSSR count). The van der Waals surface area contributed by atoms with Gasteiger partial charge in [0.15, 0.2) is 0 Å². The third-order valence-electron chi connectivity index (χ3n) is 7.31. The second-order valence-corrected chi connectivity index (χ2v) is 12.1. The van der Waals surface area contributed by atoms with Crippen molar-refractivity contribution in [2.45, 2.75) is 81.8 Å². The van der Waals surface area contributed by atoms with Gasteiger partial charge in [0.1, 0.15) is 6.04 Å². The van der Waals surface area contributed by atoms with E-state index in [0.717, 1.165) is 58.9 Å². The molecule has 6 heteroatoms. The molecule has 3 aromatic rings. The first kappa shape index (κ1) is 29.2. The number of hydrogen-bond donors (Lipinski definition) is 1. The first-order chi connectivity index (χ1) is 19.0. The fourth-order valence-electron chi connectivity index (χ4n) is 5.08. The molecule has 1 aliphatic carbocycles. The van der Waals surface area contributed by atoms with E-state index in [1.54, 1.807) is 11.8 Å². The normalized spacial score (nSPS) is 14.5. The van der Waals surface area contributed by atoms with Gasteiger partial charge >= 0.3 is 0 Å². The summed E-state index contributed by atoms with van der Waals surface area (Å²) in [6.07, 6.45) is 7.17. The Morgan fingerprint density at radius 3 is 2.31 bits per heavy atom. The quantitative estimate of drug-likeness (QED) is 0.182. The number of aryl methyl sites for hydroxylation is 1. The van der Waals surface area contributed by atoms with E-state index in [-0.39, 0.29) is 17.9 Å². The fourth-order valence-corrected chi connectivity index (χ4v) is 6.06. The van der Waals surface area contributed by atoms with E-state index in [1.807, 2.05) is 59.5 Å². The van der Waals surface area contributed by atoms with Gasteiger partial charge in [-0.05, 0) is 67.3 Å². The Hall–Kier alpha value is -2.76. The van der Waals surface area contributed by atoms with Gasteiger partial charge in [0.05, 0.1) is 0 Å². The standard InChI is InChI=1S/C33H39ClN2O2S/c1-25-14-16-27(17-15-25)24-36(32(37)13-8-22-39-30-20-18-28(34)19-21-30)31(23-26-9-4-2-5-10-26)33(38)35-29-11-6-3-7-12-29/h2,4-5,9-10,14-21,29,31H,3,6-8,11-13,22-24H2,1H3,(H,35,38). The predicted octanol–water partition coefficient (Wildman–Crippen LogP) is 7.61. The van der Waals surface area contributed by atoms with Gasteiger partial charge in [0.2, 0.25) is 11.8 Å². The first-order valence-electron chi connectivity index (χ1n) is 14.1. The van der Waals surface area contributed by atoms with Gasteiger partial charge in [-0.15, -0.1) is 11.8 Å². The molecule has 1 unspecified atom stereocenters. The molecular weight excluding hydrogens is 524 g/mol. The van der Waals surface area contributed by atoms with E-state index in [9.17, 15) is 9.59 Å². The molecule has 0 spiro atoms. The van der Waals surface area contributed by atoms with Gasteiger partial charge in [-0.2, -0.15) is 0 Å². The second kappa shape index (κ2) is 15.1. The highest BCUT2D eigenvalue weighted by atomic mass is 35.5. The smallest absolute Gasteiger partial charge is 0.243 e. The van der Waals surface area contributed by atoms with Crippen molar-refractivity contribution >= 4 is 35.2 Å². The number of nitrogens with zero attached hydrogens (tertiary/aromatic N) is 1. The molecule has 2 amide bonds. The van der Waals surface area contributed by atoms with Crippen LogP contribution in [-0.4, -0.2) is 34.6 Å². The monoisotopic (exact) mass is 562 g/mol. The molecule has 1 atom stereocenters. The van der Waals surface area contributed by atoms with Crippen LogP contribution < -0.4 is 5.32 Å². The Morgan fingerprint density at radius 1 is 0.923 bits per heavy atom. The van der Waals surface area contributed by atoms with Crippen molar-refractivity contribution in [2.24, 2.45) is 0 Å². The van der Waals surface area contributed by atoms with Crippen LogP contribution in [0.5, 0.6) is 0 Å². The molecule has 0 aromatic heterocycles. The molecule has 1 fully saturated rings. The number of halogens is 1. The van der Waals surface area contributed by atoms with Gasteiger partial charge in [0, 0.05) is 35.3 Å². The van der Waals surface area contributed by atoms with Crippen molar-refractivity contribution in [3.05, 3.63) is 101 Å². The summed E-state index contributed by atoms with van der Waals surface area (Å²) in [4.78, 5) is 30.6. The van der Waals surface area contributed by atoms with E-state index in [0.29, 0.717) is 19.4 Å². The Morgan fingerprint density at radius 2 is 1.62 bits per heavy atom. The highest BCUT2D eigenvalue weighted by molar-refractivity contribution is 7.99. The Balaban J connectivity index is 1.51. The van der Waals surface area contributed by atoms with Crippen molar-refractivity contribution in [2.75, 3.05) is 5.75 Å². The summed E-state index contributed by atoms with van der Waals surface area (Å²) in [7, 11) is 0. The molecule has 0 radical (unpaired) electrons. The molecule has 206 valence electrons. The second-order valence-electron chi connectivity index (χ2n) is 10.5. The maximum absolute atomic E-state index is 13.8. The van der Waals surface area contributed by atoms with Crippen LogP contribution in [0.3, 0.4) is 0 Å². The minimum absolute atomic E-state index is 0.0204. The summed E-state index contributed by atoms with van der Waals surface area (Å²) in [5.74, 6) is 0.803. The van der Waals surface area contributed by atoms with E-state index in [2.05, 4.69) is 36.5 Å². The predicted molar refractivity (Wildman–Crippen MR) is 162 cm³/mol. The van der Waals surface area contributed by atoms with Gasteiger partial charge in [-0.25, -0.2) is 0 Å². The molecule has 0 aliphatic heterocycles. The number of carbonyl (C=O) groups excluding carboxylic acids is 2. The van der Waals surface area contributed by atoms with Crippen LogP contribution in [0.25, 0.3) is 0 Å². The first-order valence-corrected chi connectivity index (χ1v) is 15.4. The molecule has 1 saturated carbocycles. The van der Waals surface area contributed by atoms with Gasteiger partial charge in [-0.3, -0.25) is 9.59 Å². The van der Waals surface area contributed by atoms with Crippen molar-refractivity contribution < 1.29 is 9.59 Å². The van der Waals surface area contributed by atoms with Crippen LogP contribution in [-0.2, 0) is 22.6 Å². The Bertz CT molecular complexity index is 1180. The highest BCUT2D eigenvalue weighted by Gasteiger charge is 2.31. The molecule has 0 heterocycles. The Kier molecular flexibility index (Phi) is 11.3. The van der Waals surface area contributed by atoms with E-state index >= 15 is 0 Å². The van der Waals surface area contributed by atoms with Crippen LogP contribution in [0.15, 0.2) is 83.8 Å². The molecule has 39 heavy (non-hydrogen) atoms. The minimum Gasteiger partial charge on any atom is -0.352 e. The average molecular weight is 563 g/mol. The number of rotatable bonds is 12. The molecular formula is C33H39ClN2O2S. The van der Waals surface area contributed by atoms with E-state index < -0.39 is 6.04 Å². The van der Waals surface area contributed by atoms with Gasteiger partial charge in [-0.1, -0.05) is 91.0 Å². The summed E-state index contributed by atoms with van der Waals surface area (Å²) in [5, 5.41) is 4.03. The average Bonchev–Trinajstić information content (AvgIpc) is 2.96. The van der Waals surface area contributed by atoms with E-state index in [4.69, 9.17) is 11.6 Å². The maximum atomic E-state index is 13.8. The zero-order valence-electron chi connectivity index (χ0n) is 22.8. The van der Waals surface area contributed by atoms with E-state index in [1.165, 1.54) is 12.0 Å². The zero-order valence-corrected chi connectivity index (χ0v) is 24.4. The molecule has 0 saturated heterocycles. The number of benzene rings is 3. The largest absolute Gasteiger partial charge is 0.352 e. The zero-order chi connectivity index (χ0) is 27.5. The summed E-state index contributed by atoms with van der Waals surface area (Å²) >= 11 is 7.73. The third kappa shape index (κ3) is 9.44. The molecule has 1 N–H and O–H groups in total. The lowest BCUT2D eigenvalue weighted by Crippen LogP contribution is -2.52. The molecule has 0 bridgehead atoms. The third-order valence-corrected chi connectivity index (χ3v) is 8.66. The Labute approximate surface area is 242 Å². The van der Waals surface area contributed by atoms with Crippen molar-refractivity contribution in [1.82, 2.24) is 10.2 Å². The van der Waals surface area contributed by atoms with Gasteiger partial charge in [0.25, 0.3) is 0 Å². The fraction of sp³-hybridized carbons (Fsp3) is 0.394. The topological polar surface area (TPSA) is 49.4 Å². The molecule has 4 nitrogen and oxygen atoms in total. The van der Waals surface area contributed by atoms with Crippen LogP contribution in [0.4, 0.5) is 0 Å². The molecule has 1 aliphatic rings. The van der Waals surface area contributed by atoms with Crippen LogP contribution in [0, 0.1) is 6.92 Å². The lowest BCUT2D eigenvalue weighted by molar-refractivity contribution is -0.141. The van der Waals surface area contributed by atoms with Crippen molar-refractivity contribution in [3.8, 4) is 0 Å². The SMILES string of the molecule is Cc1ccc(CN(C(=O)CCCSc2ccc(Cl)cc2)C(Cc2ccccc2)C(=O)NC2CCCCC2)cc1. The summed E-state index contributed by atoms with van der Waals surface area (Å²) in [5.41, 5.74) is 3.26. The van der Waals surface area contributed by atoms with Gasteiger partial charge < -0.3 is 10.2 Å². The number of carbonyl (C=O) groups is 2. The van der Waals surface area contributed by atoms with Crippen molar-refractivity contribution in [1.29, 1.82) is 0 Å². The molecule has 3 aromatic carbocycles. The number of hydrogen-bond acceptors (Lipinski definition) is 3. The number of amides is 2. The summed E-state index contributed by atoms with van der Waals surface area (Å²) in [6.45, 7) is 2.47. The maximum Gasteiger partial charge on any atom is 0.243 e. The van der Waals surface area contributed by atoms with Crippen LogP contribution >= 0.6 is 23.4 Å². The lowest BCUT2D eigenvalue weighted by atomic mass is 9.94. The van der Waals surface area contributed by atoms with Crippen LogP contribution in [0.1, 0.15) is 61.6 Å². The minimum atomic E-state index is -0.563. The van der Waals surface area contributed by atoms with Crippen LogP contribution in [0.2, 0.25) is 5.02 Å². The number of nitrogens with one attached hydrogen (secondary N) is 1. The summed E-state index contributed by atoms with van der Waals surface area (Å²) < 4.78 is 0. The number of thioether (sulfide) groups is 1.